The van der Waals surface area contributed by atoms with E-state index in [2.05, 4.69) is 5.32 Å². The summed E-state index contributed by atoms with van der Waals surface area (Å²) in [6.07, 6.45) is 0. The van der Waals surface area contributed by atoms with E-state index in [9.17, 15) is 9.59 Å². The Morgan fingerprint density at radius 3 is 2.33 bits per heavy atom. The van der Waals surface area contributed by atoms with E-state index < -0.39 is 23.5 Å². The van der Waals surface area contributed by atoms with E-state index >= 15 is 0 Å². The van der Waals surface area contributed by atoms with Crippen LogP contribution in [0.1, 0.15) is 0 Å². The summed E-state index contributed by atoms with van der Waals surface area (Å²) in [4.78, 5) is 21.9. The Balaban J connectivity index is 1.87. The third kappa shape index (κ3) is 0.996. The zero-order valence-electron chi connectivity index (χ0n) is 7.78. The maximum atomic E-state index is 11.0. The molecule has 15 heavy (non-hydrogen) atoms. The summed E-state index contributed by atoms with van der Waals surface area (Å²) >= 11 is 0. The molecule has 1 atom stereocenters. The zero-order chi connectivity index (χ0) is 10.5. The molecule has 1 unspecified atom stereocenters. The van der Waals surface area contributed by atoms with Crippen LogP contribution < -0.4 is 5.32 Å². The molecule has 1 N–H and O–H groups in total. The van der Waals surface area contributed by atoms with Crippen molar-refractivity contribution in [2.75, 3.05) is 26.4 Å². The molecule has 3 saturated heterocycles. The lowest BCUT2D eigenvalue weighted by atomic mass is 9.92. The second-order valence-corrected chi connectivity index (χ2v) is 3.69. The Hall–Kier alpha value is -1.18. The number of carbonyl (C=O) groups is 2. The van der Waals surface area contributed by atoms with Crippen molar-refractivity contribution >= 4 is 11.9 Å². The van der Waals surface area contributed by atoms with Gasteiger partial charge in [0.25, 0.3) is 0 Å². The van der Waals surface area contributed by atoms with Crippen molar-refractivity contribution in [3.05, 3.63) is 0 Å². The maximum absolute atomic E-state index is 11.0. The van der Waals surface area contributed by atoms with Crippen LogP contribution in [0.4, 0.5) is 0 Å². The number of fused-ring (bicyclic) bond motifs is 1. The molecule has 0 amide bonds. The fourth-order valence-electron chi connectivity index (χ4n) is 1.92. The van der Waals surface area contributed by atoms with Crippen molar-refractivity contribution in [1.82, 2.24) is 5.32 Å². The number of carbonyl (C=O) groups excluding carboxylic acids is 2. The SMILES string of the molecule is O=C1OC2(OCC23COCCN3)OC1=O. The van der Waals surface area contributed by atoms with E-state index in [0.29, 0.717) is 13.2 Å². The highest BCUT2D eigenvalue weighted by Gasteiger charge is 2.73. The van der Waals surface area contributed by atoms with Gasteiger partial charge in [0.2, 0.25) is 0 Å². The zero-order valence-corrected chi connectivity index (χ0v) is 7.78. The molecule has 0 aliphatic carbocycles. The van der Waals surface area contributed by atoms with Gasteiger partial charge in [0, 0.05) is 6.54 Å². The molecule has 3 aliphatic rings. The average Bonchev–Trinajstić information content (AvgIpc) is 2.58. The van der Waals surface area contributed by atoms with Crippen molar-refractivity contribution in [2.24, 2.45) is 0 Å². The van der Waals surface area contributed by atoms with Gasteiger partial charge >= 0.3 is 17.9 Å². The number of ether oxygens (including phenoxy) is 4. The first kappa shape index (κ1) is 9.08. The summed E-state index contributed by atoms with van der Waals surface area (Å²) in [7, 11) is 0. The van der Waals surface area contributed by atoms with Gasteiger partial charge < -0.3 is 18.9 Å². The second-order valence-electron chi connectivity index (χ2n) is 3.69. The molecular weight excluding hydrogens is 206 g/mol. The van der Waals surface area contributed by atoms with Gasteiger partial charge in [0.1, 0.15) is 0 Å². The first-order valence-electron chi connectivity index (χ1n) is 4.61. The number of hydrogen-bond acceptors (Lipinski definition) is 7. The van der Waals surface area contributed by atoms with Crippen LogP contribution in [0.2, 0.25) is 0 Å². The van der Waals surface area contributed by atoms with Crippen LogP contribution in [-0.2, 0) is 28.5 Å². The van der Waals surface area contributed by atoms with Crippen LogP contribution in [0.3, 0.4) is 0 Å². The van der Waals surface area contributed by atoms with Gasteiger partial charge in [-0.1, -0.05) is 0 Å². The molecule has 0 aromatic rings. The van der Waals surface area contributed by atoms with Crippen LogP contribution in [0.25, 0.3) is 0 Å². The normalized spacial score (nSPS) is 37.6. The van der Waals surface area contributed by atoms with E-state index in [4.69, 9.17) is 18.9 Å². The molecule has 0 radical (unpaired) electrons. The molecule has 7 heteroatoms. The van der Waals surface area contributed by atoms with Gasteiger partial charge in [0.05, 0.1) is 19.8 Å². The van der Waals surface area contributed by atoms with Gasteiger partial charge in [-0.05, 0) is 0 Å². The number of rotatable bonds is 0. The minimum atomic E-state index is -1.61. The topological polar surface area (TPSA) is 83.1 Å². The molecule has 82 valence electrons. The van der Waals surface area contributed by atoms with E-state index in [1.807, 2.05) is 0 Å². The summed E-state index contributed by atoms with van der Waals surface area (Å²) in [5.74, 6) is -3.66. The standard InChI is InChI=1S/C8H9NO6/c10-5-6(11)15-8(14-5)7(4-13-8)3-12-2-1-9-7/h9H,1-4H2. The highest BCUT2D eigenvalue weighted by atomic mass is 16.9. The summed E-state index contributed by atoms with van der Waals surface area (Å²) in [6, 6.07) is 0. The Bertz CT molecular complexity index is 318. The lowest BCUT2D eigenvalue weighted by Crippen LogP contribution is -2.79. The number of nitrogens with one attached hydrogen (secondary N) is 1. The van der Waals surface area contributed by atoms with Gasteiger partial charge in [-0.3, -0.25) is 5.32 Å². The van der Waals surface area contributed by atoms with Crippen LogP contribution in [0.5, 0.6) is 0 Å². The molecule has 3 heterocycles. The third-order valence-corrected chi connectivity index (χ3v) is 2.77. The van der Waals surface area contributed by atoms with Gasteiger partial charge in [-0.2, -0.15) is 0 Å². The second kappa shape index (κ2) is 2.69. The van der Waals surface area contributed by atoms with E-state index in [1.165, 1.54) is 0 Å². The first-order valence-corrected chi connectivity index (χ1v) is 4.61. The molecule has 0 saturated carbocycles. The molecule has 2 spiro atoms. The summed E-state index contributed by atoms with van der Waals surface area (Å²) < 4.78 is 20.0. The van der Waals surface area contributed by atoms with E-state index in [-0.39, 0.29) is 13.2 Å². The molecule has 3 rings (SSSR count). The molecule has 0 aromatic heterocycles. The summed E-state index contributed by atoms with van der Waals surface area (Å²) in [5.41, 5.74) is -0.743. The van der Waals surface area contributed by atoms with Crippen LogP contribution in [0.15, 0.2) is 0 Å². The Morgan fingerprint density at radius 1 is 1.13 bits per heavy atom. The highest BCUT2D eigenvalue weighted by molar-refractivity contribution is 6.31. The van der Waals surface area contributed by atoms with E-state index in [1.54, 1.807) is 0 Å². The quantitative estimate of drug-likeness (QED) is 0.374. The van der Waals surface area contributed by atoms with Crippen molar-refractivity contribution in [1.29, 1.82) is 0 Å². The monoisotopic (exact) mass is 215 g/mol. The molecule has 0 aromatic carbocycles. The van der Waals surface area contributed by atoms with Crippen molar-refractivity contribution < 1.29 is 28.5 Å². The summed E-state index contributed by atoms with van der Waals surface area (Å²) in [6.45, 7) is 1.74. The smallest absolute Gasteiger partial charge is 0.388 e. The van der Waals surface area contributed by atoms with Crippen molar-refractivity contribution in [3.63, 3.8) is 0 Å². The third-order valence-electron chi connectivity index (χ3n) is 2.77. The molecule has 3 aliphatic heterocycles. The molecule has 3 fully saturated rings. The Labute approximate surface area is 84.6 Å². The van der Waals surface area contributed by atoms with Crippen molar-refractivity contribution in [3.8, 4) is 0 Å². The van der Waals surface area contributed by atoms with Gasteiger partial charge in [-0.15, -0.1) is 0 Å². The predicted octanol–water partition coefficient (Wildman–Crippen LogP) is -1.87. The average molecular weight is 215 g/mol. The number of morpholine rings is 1. The summed E-state index contributed by atoms with van der Waals surface area (Å²) in [5, 5.41) is 3.10. The van der Waals surface area contributed by atoms with Crippen LogP contribution in [-0.4, -0.2) is 49.8 Å². The largest absolute Gasteiger partial charge is 0.422 e. The van der Waals surface area contributed by atoms with Crippen molar-refractivity contribution in [2.45, 2.75) is 11.5 Å². The minimum absolute atomic E-state index is 0.285. The Kier molecular flexibility index (Phi) is 1.63. The Morgan fingerprint density at radius 2 is 1.87 bits per heavy atom. The number of hydrogen-bond donors (Lipinski definition) is 1. The lowest BCUT2D eigenvalue weighted by Gasteiger charge is -2.53. The van der Waals surface area contributed by atoms with Gasteiger partial charge in [-0.25, -0.2) is 9.59 Å². The predicted molar refractivity (Wildman–Crippen MR) is 42.4 cm³/mol. The lowest BCUT2D eigenvalue weighted by molar-refractivity contribution is -0.438. The highest BCUT2D eigenvalue weighted by Crippen LogP contribution is 2.43. The van der Waals surface area contributed by atoms with Crippen LogP contribution >= 0.6 is 0 Å². The molecule has 7 nitrogen and oxygen atoms in total. The fraction of sp³-hybridized carbons (Fsp3) is 0.750. The van der Waals surface area contributed by atoms with E-state index in [0.717, 1.165) is 0 Å². The molecular formula is C8H9NO6. The number of esters is 2. The fourth-order valence-corrected chi connectivity index (χ4v) is 1.92. The first-order chi connectivity index (χ1) is 7.18. The van der Waals surface area contributed by atoms with Gasteiger partial charge in [0.15, 0.2) is 5.54 Å². The maximum Gasteiger partial charge on any atom is 0.422 e. The molecule has 0 bridgehead atoms. The van der Waals surface area contributed by atoms with Crippen LogP contribution in [0, 0.1) is 0 Å². The minimum Gasteiger partial charge on any atom is -0.388 e.